The van der Waals surface area contributed by atoms with Crippen LogP contribution in [0.5, 0.6) is 0 Å². The van der Waals surface area contributed by atoms with Gasteiger partial charge in [0.15, 0.2) is 0 Å². The number of likely N-dealkylation sites (N-methyl/N-ethyl adjacent to an activating group) is 1. The Morgan fingerprint density at radius 3 is 2.61 bits per heavy atom. The van der Waals surface area contributed by atoms with Gasteiger partial charge in [0.05, 0.1) is 6.61 Å². The highest BCUT2D eigenvalue weighted by atomic mass is 19.1. The number of aryl methyl sites for hydroxylation is 1. The lowest BCUT2D eigenvalue weighted by atomic mass is 10.1. The fourth-order valence-electron chi connectivity index (χ4n) is 1.95. The summed E-state index contributed by atoms with van der Waals surface area (Å²) in [6.45, 7) is 2.64. The van der Waals surface area contributed by atoms with E-state index in [1.165, 1.54) is 6.07 Å². The Balaban J connectivity index is 2.50. The number of halogens is 1. The van der Waals surface area contributed by atoms with Crippen LogP contribution in [0, 0.1) is 12.7 Å². The van der Waals surface area contributed by atoms with Crippen LogP contribution in [0.15, 0.2) is 18.2 Å². The van der Waals surface area contributed by atoms with Gasteiger partial charge < -0.3 is 15.1 Å². The SMILES string of the molecule is Cc1cc(CCN(C)C(CO)CCO)ccc1F. The molecule has 3 nitrogen and oxygen atoms in total. The van der Waals surface area contributed by atoms with Gasteiger partial charge in [-0.2, -0.15) is 0 Å². The summed E-state index contributed by atoms with van der Waals surface area (Å²) >= 11 is 0. The van der Waals surface area contributed by atoms with Gasteiger partial charge in [0.1, 0.15) is 5.82 Å². The summed E-state index contributed by atoms with van der Waals surface area (Å²) in [5, 5.41) is 18.1. The van der Waals surface area contributed by atoms with Gasteiger partial charge in [-0.1, -0.05) is 12.1 Å². The van der Waals surface area contributed by atoms with Crippen molar-refractivity contribution in [3.63, 3.8) is 0 Å². The van der Waals surface area contributed by atoms with Crippen LogP contribution in [-0.2, 0) is 6.42 Å². The van der Waals surface area contributed by atoms with Crippen LogP contribution in [0.1, 0.15) is 17.5 Å². The third-order valence-corrected chi connectivity index (χ3v) is 3.27. The lowest BCUT2D eigenvalue weighted by Gasteiger charge is -2.25. The molecular formula is C14H22FNO2. The Morgan fingerprint density at radius 2 is 2.06 bits per heavy atom. The fourth-order valence-corrected chi connectivity index (χ4v) is 1.95. The molecule has 0 saturated carbocycles. The maximum absolute atomic E-state index is 13.1. The van der Waals surface area contributed by atoms with E-state index in [2.05, 4.69) is 0 Å². The molecule has 1 atom stereocenters. The highest BCUT2D eigenvalue weighted by Crippen LogP contribution is 2.11. The minimum Gasteiger partial charge on any atom is -0.396 e. The molecule has 1 aromatic rings. The van der Waals surface area contributed by atoms with Gasteiger partial charge in [-0.15, -0.1) is 0 Å². The van der Waals surface area contributed by atoms with Crippen molar-refractivity contribution in [3.05, 3.63) is 35.1 Å². The van der Waals surface area contributed by atoms with Crippen LogP contribution in [-0.4, -0.2) is 48.0 Å². The van der Waals surface area contributed by atoms with Crippen LogP contribution < -0.4 is 0 Å². The molecule has 0 bridgehead atoms. The predicted octanol–water partition coefficient (Wildman–Crippen LogP) is 1.35. The largest absolute Gasteiger partial charge is 0.396 e. The summed E-state index contributed by atoms with van der Waals surface area (Å²) in [6, 6.07) is 5.11. The van der Waals surface area contributed by atoms with E-state index in [4.69, 9.17) is 5.11 Å². The first-order chi connectivity index (χ1) is 8.58. The van der Waals surface area contributed by atoms with E-state index in [-0.39, 0.29) is 25.1 Å². The van der Waals surface area contributed by atoms with E-state index in [0.717, 1.165) is 18.5 Å². The first kappa shape index (κ1) is 15.1. The number of aliphatic hydroxyl groups excluding tert-OH is 2. The highest BCUT2D eigenvalue weighted by Gasteiger charge is 2.12. The van der Waals surface area contributed by atoms with Gasteiger partial charge in [-0.05, 0) is 44.0 Å². The lowest BCUT2D eigenvalue weighted by molar-refractivity contribution is 0.120. The number of benzene rings is 1. The summed E-state index contributed by atoms with van der Waals surface area (Å²) in [7, 11) is 1.92. The zero-order chi connectivity index (χ0) is 13.5. The molecule has 0 aliphatic carbocycles. The van der Waals surface area contributed by atoms with Gasteiger partial charge in [0.2, 0.25) is 0 Å². The molecule has 0 aliphatic heterocycles. The van der Waals surface area contributed by atoms with Gasteiger partial charge >= 0.3 is 0 Å². The Morgan fingerprint density at radius 1 is 1.33 bits per heavy atom. The second kappa shape index (κ2) is 7.46. The molecule has 102 valence electrons. The Bertz CT molecular complexity index is 371. The average molecular weight is 255 g/mol. The Kier molecular flexibility index (Phi) is 6.25. The molecule has 1 rings (SSSR count). The molecule has 0 radical (unpaired) electrons. The van der Waals surface area contributed by atoms with Crippen molar-refractivity contribution in [1.82, 2.24) is 4.90 Å². The lowest BCUT2D eigenvalue weighted by Crippen LogP contribution is -2.36. The molecule has 2 N–H and O–H groups in total. The van der Waals surface area contributed by atoms with Crippen molar-refractivity contribution in [2.75, 3.05) is 26.8 Å². The number of hydrogen-bond acceptors (Lipinski definition) is 3. The average Bonchev–Trinajstić information content (AvgIpc) is 2.37. The van der Waals surface area contributed by atoms with Gasteiger partial charge in [-0.3, -0.25) is 0 Å². The molecule has 0 aromatic heterocycles. The van der Waals surface area contributed by atoms with Gasteiger partial charge in [0, 0.05) is 19.2 Å². The van der Waals surface area contributed by atoms with E-state index in [1.54, 1.807) is 13.0 Å². The highest BCUT2D eigenvalue weighted by molar-refractivity contribution is 5.24. The summed E-state index contributed by atoms with van der Waals surface area (Å²) < 4.78 is 13.1. The number of nitrogens with zero attached hydrogens (tertiary/aromatic N) is 1. The number of rotatable bonds is 7. The van der Waals surface area contributed by atoms with Crippen molar-refractivity contribution in [1.29, 1.82) is 0 Å². The van der Waals surface area contributed by atoms with Crippen LogP contribution >= 0.6 is 0 Å². The molecule has 0 spiro atoms. The number of hydrogen-bond donors (Lipinski definition) is 2. The predicted molar refractivity (Wildman–Crippen MR) is 70.0 cm³/mol. The Labute approximate surface area is 108 Å². The monoisotopic (exact) mass is 255 g/mol. The Hall–Kier alpha value is -0.970. The molecule has 4 heteroatoms. The molecule has 0 fully saturated rings. The zero-order valence-electron chi connectivity index (χ0n) is 11.1. The van der Waals surface area contributed by atoms with Crippen LogP contribution in [0.4, 0.5) is 4.39 Å². The molecule has 18 heavy (non-hydrogen) atoms. The first-order valence-electron chi connectivity index (χ1n) is 6.25. The molecule has 1 aromatic carbocycles. The molecule has 0 aliphatic rings. The quantitative estimate of drug-likeness (QED) is 0.773. The second-order valence-corrected chi connectivity index (χ2v) is 4.66. The maximum Gasteiger partial charge on any atom is 0.126 e. The maximum atomic E-state index is 13.1. The normalized spacial score (nSPS) is 13.0. The summed E-state index contributed by atoms with van der Waals surface area (Å²) in [5.41, 5.74) is 1.74. The van der Waals surface area contributed by atoms with Crippen molar-refractivity contribution in [2.45, 2.75) is 25.8 Å². The first-order valence-corrected chi connectivity index (χ1v) is 6.25. The third kappa shape index (κ3) is 4.37. The van der Waals surface area contributed by atoms with Gasteiger partial charge in [-0.25, -0.2) is 4.39 Å². The summed E-state index contributed by atoms with van der Waals surface area (Å²) in [4.78, 5) is 2.02. The topological polar surface area (TPSA) is 43.7 Å². The van der Waals surface area contributed by atoms with Crippen LogP contribution in [0.3, 0.4) is 0 Å². The fraction of sp³-hybridized carbons (Fsp3) is 0.571. The summed E-state index contributed by atoms with van der Waals surface area (Å²) in [5.74, 6) is -0.180. The van der Waals surface area contributed by atoms with Crippen molar-refractivity contribution >= 4 is 0 Å². The smallest absolute Gasteiger partial charge is 0.126 e. The molecule has 0 heterocycles. The minimum absolute atomic E-state index is 0.0171. The molecular weight excluding hydrogens is 233 g/mol. The van der Waals surface area contributed by atoms with Gasteiger partial charge in [0.25, 0.3) is 0 Å². The van der Waals surface area contributed by atoms with Crippen molar-refractivity contribution < 1.29 is 14.6 Å². The second-order valence-electron chi connectivity index (χ2n) is 4.66. The number of aliphatic hydroxyl groups is 2. The van der Waals surface area contributed by atoms with Crippen molar-refractivity contribution in [2.24, 2.45) is 0 Å². The van der Waals surface area contributed by atoms with E-state index < -0.39 is 0 Å². The molecule has 1 unspecified atom stereocenters. The van der Waals surface area contributed by atoms with E-state index in [0.29, 0.717) is 12.0 Å². The van der Waals surface area contributed by atoms with Crippen molar-refractivity contribution in [3.8, 4) is 0 Å². The third-order valence-electron chi connectivity index (χ3n) is 3.27. The summed E-state index contributed by atoms with van der Waals surface area (Å²) in [6.07, 6.45) is 1.37. The molecule has 0 saturated heterocycles. The van der Waals surface area contributed by atoms with Crippen LogP contribution in [0.2, 0.25) is 0 Å². The van der Waals surface area contributed by atoms with E-state index in [1.807, 2.05) is 18.0 Å². The standard InChI is InChI=1S/C14H22FNO2/c1-11-9-12(3-4-14(11)15)5-7-16(2)13(10-18)6-8-17/h3-4,9,13,17-18H,5-8,10H2,1-2H3. The minimum atomic E-state index is -0.180. The zero-order valence-corrected chi connectivity index (χ0v) is 11.1. The van der Waals surface area contributed by atoms with E-state index in [9.17, 15) is 9.50 Å². The van der Waals surface area contributed by atoms with Crippen LogP contribution in [0.25, 0.3) is 0 Å². The van der Waals surface area contributed by atoms with E-state index >= 15 is 0 Å². The molecule has 0 amide bonds.